The van der Waals surface area contributed by atoms with Gasteiger partial charge in [0.2, 0.25) is 0 Å². The molecule has 0 aliphatic carbocycles. The largest absolute Gasteiger partial charge is 0.269 e. The number of benzene rings is 2. The molecule has 0 spiro atoms. The number of nitrogens with zero attached hydrogens (tertiary/aromatic N) is 1. The molecule has 0 saturated heterocycles. The fourth-order valence-electron chi connectivity index (χ4n) is 1.71. The highest BCUT2D eigenvalue weighted by molar-refractivity contribution is 5.71. The molecule has 0 heterocycles. The Bertz CT molecular complexity index is 589. The minimum Gasteiger partial charge on any atom is -0.258 e. The van der Waals surface area contributed by atoms with E-state index < -0.39 is 0 Å². The molecule has 2 rings (SSSR count). The van der Waals surface area contributed by atoms with Gasteiger partial charge >= 0.3 is 0 Å². The number of hydrogen-bond donors (Lipinski definition) is 0. The van der Waals surface area contributed by atoms with Crippen molar-refractivity contribution < 1.29 is 4.92 Å². The first-order valence-corrected chi connectivity index (χ1v) is 5.65. The molecule has 0 amide bonds. The van der Waals surface area contributed by atoms with E-state index in [9.17, 15) is 10.1 Å². The van der Waals surface area contributed by atoms with Gasteiger partial charge in [-0.1, -0.05) is 42.5 Å². The molecule has 0 aliphatic rings. The van der Waals surface area contributed by atoms with Crippen LogP contribution in [0.25, 0.3) is 12.2 Å². The van der Waals surface area contributed by atoms with Crippen molar-refractivity contribution in [1.82, 2.24) is 0 Å². The Hall–Kier alpha value is -2.42. The van der Waals surface area contributed by atoms with E-state index in [2.05, 4.69) is 0 Å². The predicted octanol–water partition coefficient (Wildman–Crippen LogP) is 4.07. The summed E-state index contributed by atoms with van der Waals surface area (Å²) in [7, 11) is 0. The Balaban J connectivity index is 2.25. The average molecular weight is 239 g/mol. The molecule has 0 bridgehead atoms. The van der Waals surface area contributed by atoms with Crippen LogP contribution in [0.1, 0.15) is 16.7 Å². The Morgan fingerprint density at radius 1 is 1.06 bits per heavy atom. The summed E-state index contributed by atoms with van der Waals surface area (Å²) in [5.74, 6) is 0. The molecule has 0 unspecified atom stereocenters. The second-order valence-electron chi connectivity index (χ2n) is 4.04. The van der Waals surface area contributed by atoms with E-state index >= 15 is 0 Å². The van der Waals surface area contributed by atoms with Gasteiger partial charge in [0, 0.05) is 12.1 Å². The van der Waals surface area contributed by atoms with Gasteiger partial charge < -0.3 is 0 Å². The van der Waals surface area contributed by atoms with Crippen LogP contribution in [0.15, 0.2) is 48.5 Å². The van der Waals surface area contributed by atoms with Crippen LogP contribution in [0.5, 0.6) is 0 Å². The quantitative estimate of drug-likeness (QED) is 0.460. The van der Waals surface area contributed by atoms with Gasteiger partial charge in [0.05, 0.1) is 4.92 Å². The van der Waals surface area contributed by atoms with Crippen molar-refractivity contribution in [3.05, 3.63) is 75.3 Å². The number of rotatable bonds is 3. The van der Waals surface area contributed by atoms with Crippen LogP contribution >= 0.6 is 0 Å². The monoisotopic (exact) mass is 239 g/mol. The topological polar surface area (TPSA) is 43.1 Å². The maximum atomic E-state index is 10.6. The fourth-order valence-corrected chi connectivity index (χ4v) is 1.71. The zero-order valence-corrected chi connectivity index (χ0v) is 10.0. The van der Waals surface area contributed by atoms with Crippen LogP contribution in [0, 0.1) is 17.0 Å². The predicted molar refractivity (Wildman–Crippen MR) is 73.2 cm³/mol. The smallest absolute Gasteiger partial charge is 0.258 e. The van der Waals surface area contributed by atoms with Crippen molar-refractivity contribution in [2.45, 2.75) is 6.92 Å². The molecular formula is C15H13NO2. The van der Waals surface area contributed by atoms with Crippen molar-refractivity contribution in [2.75, 3.05) is 0 Å². The number of nitro benzene ring substituents is 1. The normalized spacial score (nSPS) is 10.7. The number of nitro groups is 1. The Morgan fingerprint density at radius 2 is 1.78 bits per heavy atom. The Kier molecular flexibility index (Phi) is 3.53. The van der Waals surface area contributed by atoms with Gasteiger partial charge in [-0.3, -0.25) is 10.1 Å². The highest BCUT2D eigenvalue weighted by atomic mass is 16.6. The maximum Gasteiger partial charge on any atom is 0.269 e. The van der Waals surface area contributed by atoms with E-state index in [0.29, 0.717) is 0 Å². The van der Waals surface area contributed by atoms with Gasteiger partial charge in [0.1, 0.15) is 0 Å². The molecule has 0 radical (unpaired) electrons. The van der Waals surface area contributed by atoms with Gasteiger partial charge in [0.25, 0.3) is 5.69 Å². The zero-order chi connectivity index (χ0) is 13.0. The van der Waals surface area contributed by atoms with Gasteiger partial charge in [0.15, 0.2) is 0 Å². The van der Waals surface area contributed by atoms with Crippen molar-refractivity contribution in [1.29, 1.82) is 0 Å². The molecule has 0 atom stereocenters. The van der Waals surface area contributed by atoms with Crippen LogP contribution in [0.2, 0.25) is 0 Å². The van der Waals surface area contributed by atoms with Crippen LogP contribution in [-0.2, 0) is 0 Å². The number of hydrogen-bond acceptors (Lipinski definition) is 2. The summed E-state index contributed by atoms with van der Waals surface area (Å²) >= 11 is 0. The fraction of sp³-hybridized carbons (Fsp3) is 0.0667. The molecule has 3 nitrogen and oxygen atoms in total. The highest BCUT2D eigenvalue weighted by Crippen LogP contribution is 2.19. The lowest BCUT2D eigenvalue weighted by Crippen LogP contribution is -1.89. The van der Waals surface area contributed by atoms with Crippen molar-refractivity contribution in [3.63, 3.8) is 0 Å². The molecule has 0 N–H and O–H groups in total. The summed E-state index contributed by atoms with van der Waals surface area (Å²) < 4.78 is 0. The summed E-state index contributed by atoms with van der Waals surface area (Å²) in [6.45, 7) is 1.87. The van der Waals surface area contributed by atoms with Gasteiger partial charge in [-0.25, -0.2) is 0 Å². The number of aryl methyl sites for hydroxylation is 1. The molecule has 90 valence electrons. The van der Waals surface area contributed by atoms with Gasteiger partial charge in [-0.05, 0) is 29.7 Å². The molecule has 0 fully saturated rings. The van der Waals surface area contributed by atoms with Crippen LogP contribution in [0.3, 0.4) is 0 Å². The second kappa shape index (κ2) is 5.27. The van der Waals surface area contributed by atoms with E-state index in [1.165, 1.54) is 6.07 Å². The van der Waals surface area contributed by atoms with Crippen LogP contribution in [0.4, 0.5) is 5.69 Å². The lowest BCUT2D eigenvalue weighted by molar-refractivity contribution is -0.384. The summed E-state index contributed by atoms with van der Waals surface area (Å²) in [5.41, 5.74) is 3.13. The van der Waals surface area contributed by atoms with E-state index in [4.69, 9.17) is 0 Å². The molecular weight excluding hydrogens is 226 g/mol. The maximum absolute atomic E-state index is 10.6. The van der Waals surface area contributed by atoms with Crippen molar-refractivity contribution >= 4 is 17.8 Å². The van der Waals surface area contributed by atoms with Crippen LogP contribution < -0.4 is 0 Å². The van der Waals surface area contributed by atoms with E-state index in [-0.39, 0.29) is 10.6 Å². The first-order valence-electron chi connectivity index (χ1n) is 5.65. The molecule has 0 aromatic heterocycles. The SMILES string of the molecule is Cc1cc([N+](=O)[O-])ccc1C=Cc1ccccc1. The second-order valence-corrected chi connectivity index (χ2v) is 4.04. The molecule has 2 aromatic carbocycles. The van der Waals surface area contributed by atoms with Gasteiger partial charge in [-0.2, -0.15) is 0 Å². The highest BCUT2D eigenvalue weighted by Gasteiger charge is 2.05. The van der Waals surface area contributed by atoms with E-state index in [1.807, 2.05) is 49.4 Å². The van der Waals surface area contributed by atoms with Crippen LogP contribution in [-0.4, -0.2) is 4.92 Å². The Morgan fingerprint density at radius 3 is 2.39 bits per heavy atom. The van der Waals surface area contributed by atoms with Crippen molar-refractivity contribution in [3.8, 4) is 0 Å². The third kappa shape index (κ3) is 2.83. The summed E-state index contributed by atoms with van der Waals surface area (Å²) in [6.07, 6.45) is 3.96. The number of non-ortho nitro benzene ring substituents is 1. The zero-order valence-electron chi connectivity index (χ0n) is 10.0. The first-order chi connectivity index (χ1) is 8.66. The third-order valence-electron chi connectivity index (χ3n) is 2.72. The minimum atomic E-state index is -0.377. The lowest BCUT2D eigenvalue weighted by atomic mass is 10.1. The summed E-state index contributed by atoms with van der Waals surface area (Å²) in [6, 6.07) is 14.8. The first kappa shape index (κ1) is 12.0. The van der Waals surface area contributed by atoms with E-state index in [1.54, 1.807) is 12.1 Å². The summed E-state index contributed by atoms with van der Waals surface area (Å²) in [5, 5.41) is 10.6. The molecule has 0 saturated carbocycles. The molecule has 2 aromatic rings. The summed E-state index contributed by atoms with van der Waals surface area (Å²) in [4.78, 5) is 10.3. The Labute approximate surface area is 106 Å². The lowest BCUT2D eigenvalue weighted by Gasteiger charge is -2.00. The minimum absolute atomic E-state index is 0.129. The van der Waals surface area contributed by atoms with Crippen molar-refractivity contribution in [2.24, 2.45) is 0 Å². The van der Waals surface area contributed by atoms with Gasteiger partial charge in [-0.15, -0.1) is 0 Å². The molecule has 3 heteroatoms. The molecule has 18 heavy (non-hydrogen) atoms. The van der Waals surface area contributed by atoms with E-state index in [0.717, 1.165) is 16.7 Å². The molecule has 0 aliphatic heterocycles. The third-order valence-corrected chi connectivity index (χ3v) is 2.72. The standard InChI is InChI=1S/C15H13NO2/c1-12-11-15(16(17)18)10-9-14(12)8-7-13-5-3-2-4-6-13/h2-11H,1H3. The average Bonchev–Trinajstić information content (AvgIpc) is 2.38.